The average Bonchev–Trinajstić information content (AvgIpc) is 2.77. The average molecular weight is 384 g/mol. The largest absolute Gasteiger partial charge is 0.467 e. The molecular formula is C23H20N4O2. The third-order valence-corrected chi connectivity index (χ3v) is 4.61. The molecule has 6 heteroatoms. The van der Waals surface area contributed by atoms with Gasteiger partial charge < -0.3 is 16.2 Å². The van der Waals surface area contributed by atoms with Crippen molar-refractivity contribution >= 4 is 16.8 Å². The molecule has 0 aliphatic heterocycles. The molecule has 1 amide bonds. The molecule has 0 aliphatic carbocycles. The van der Waals surface area contributed by atoms with Crippen LogP contribution in [0.2, 0.25) is 0 Å². The summed E-state index contributed by atoms with van der Waals surface area (Å²) in [6, 6.07) is 21.9. The molecular weight excluding hydrogens is 364 g/mol. The Kier molecular flexibility index (Phi) is 5.18. The maximum absolute atomic E-state index is 11.1. The molecule has 2 aromatic heterocycles. The van der Waals surface area contributed by atoms with Crippen molar-refractivity contribution < 1.29 is 9.53 Å². The monoisotopic (exact) mass is 384 g/mol. The number of aromatic nitrogens is 2. The van der Waals surface area contributed by atoms with Crippen molar-refractivity contribution in [3.05, 3.63) is 78.5 Å². The van der Waals surface area contributed by atoms with Crippen LogP contribution in [-0.2, 0) is 11.3 Å². The van der Waals surface area contributed by atoms with Crippen LogP contribution in [0.1, 0.15) is 5.56 Å². The molecule has 0 spiro atoms. The Bertz CT molecular complexity index is 1160. The number of nitrogens with zero attached hydrogens (tertiary/aromatic N) is 2. The fraction of sp³-hybridized carbons (Fsp3) is 0.0870. The van der Waals surface area contributed by atoms with E-state index in [-0.39, 0.29) is 6.61 Å². The summed E-state index contributed by atoms with van der Waals surface area (Å²) in [4.78, 5) is 20.3. The van der Waals surface area contributed by atoms with Crippen LogP contribution in [0.5, 0.6) is 5.88 Å². The van der Waals surface area contributed by atoms with E-state index in [2.05, 4.69) is 4.98 Å². The Morgan fingerprint density at radius 3 is 2.41 bits per heavy atom. The highest BCUT2D eigenvalue weighted by molar-refractivity contribution is 5.94. The molecule has 4 rings (SSSR count). The standard InChI is InChI=1S/C23H20N4O2/c24-13-15-6-8-17(9-7-15)22-18(16-4-2-1-3-5-16)12-19-20(27-22)10-11-26-23(19)29-14-21(25)28/h1-12H,13-14,24H2,(H2,25,28). The number of pyridine rings is 2. The van der Waals surface area contributed by atoms with Gasteiger partial charge in [0.15, 0.2) is 6.61 Å². The van der Waals surface area contributed by atoms with Crippen molar-refractivity contribution in [2.24, 2.45) is 11.5 Å². The lowest BCUT2D eigenvalue weighted by atomic mass is 9.97. The van der Waals surface area contributed by atoms with Crippen LogP contribution in [0, 0.1) is 0 Å². The number of fused-ring (bicyclic) bond motifs is 1. The van der Waals surface area contributed by atoms with Crippen LogP contribution >= 0.6 is 0 Å². The Labute approximate surface area is 168 Å². The lowest BCUT2D eigenvalue weighted by Gasteiger charge is -2.13. The number of nitrogens with two attached hydrogens (primary N) is 2. The second-order valence-corrected chi connectivity index (χ2v) is 6.59. The maximum Gasteiger partial charge on any atom is 0.255 e. The molecule has 29 heavy (non-hydrogen) atoms. The third-order valence-electron chi connectivity index (χ3n) is 4.61. The second kappa shape index (κ2) is 8.08. The number of benzene rings is 2. The van der Waals surface area contributed by atoms with Gasteiger partial charge in [-0.25, -0.2) is 9.97 Å². The van der Waals surface area contributed by atoms with Gasteiger partial charge in [-0.1, -0.05) is 54.6 Å². The van der Waals surface area contributed by atoms with Crippen molar-refractivity contribution in [3.63, 3.8) is 0 Å². The Morgan fingerprint density at radius 1 is 0.966 bits per heavy atom. The summed E-state index contributed by atoms with van der Waals surface area (Å²) in [5.74, 6) is -0.229. The van der Waals surface area contributed by atoms with E-state index in [9.17, 15) is 4.79 Å². The van der Waals surface area contributed by atoms with Gasteiger partial charge in [0, 0.05) is 23.9 Å². The molecule has 0 bridgehead atoms. The molecule has 2 heterocycles. The summed E-state index contributed by atoms with van der Waals surface area (Å²) < 4.78 is 5.51. The topological polar surface area (TPSA) is 104 Å². The van der Waals surface area contributed by atoms with E-state index in [0.717, 1.165) is 38.9 Å². The zero-order valence-electron chi connectivity index (χ0n) is 15.7. The maximum atomic E-state index is 11.1. The predicted octanol–water partition coefficient (Wildman–Crippen LogP) is 3.29. The number of carbonyl (C=O) groups excluding carboxylic acids is 1. The third kappa shape index (κ3) is 3.93. The van der Waals surface area contributed by atoms with E-state index in [1.165, 1.54) is 0 Å². The second-order valence-electron chi connectivity index (χ2n) is 6.59. The van der Waals surface area contributed by atoms with Crippen LogP contribution in [0.15, 0.2) is 72.9 Å². The van der Waals surface area contributed by atoms with E-state index < -0.39 is 5.91 Å². The summed E-state index contributed by atoms with van der Waals surface area (Å²) in [7, 11) is 0. The van der Waals surface area contributed by atoms with Crippen molar-refractivity contribution in [3.8, 4) is 28.3 Å². The SMILES string of the molecule is NCc1ccc(-c2nc3ccnc(OCC(N)=O)c3cc2-c2ccccc2)cc1. The molecule has 0 saturated carbocycles. The van der Waals surface area contributed by atoms with Gasteiger partial charge in [-0.05, 0) is 23.3 Å². The highest BCUT2D eigenvalue weighted by atomic mass is 16.5. The number of primary amides is 1. The van der Waals surface area contributed by atoms with Crippen molar-refractivity contribution in [1.29, 1.82) is 0 Å². The fourth-order valence-electron chi connectivity index (χ4n) is 3.18. The number of carbonyl (C=O) groups is 1. The van der Waals surface area contributed by atoms with Gasteiger partial charge in [0.05, 0.1) is 16.6 Å². The molecule has 144 valence electrons. The number of hydrogen-bond acceptors (Lipinski definition) is 5. The number of hydrogen-bond donors (Lipinski definition) is 2. The van der Waals surface area contributed by atoms with E-state index in [0.29, 0.717) is 12.4 Å². The van der Waals surface area contributed by atoms with Crippen LogP contribution in [-0.4, -0.2) is 22.5 Å². The van der Waals surface area contributed by atoms with E-state index in [4.69, 9.17) is 21.2 Å². The van der Waals surface area contributed by atoms with E-state index in [1.54, 1.807) is 6.20 Å². The molecule has 4 aromatic rings. The quantitative estimate of drug-likeness (QED) is 0.531. The molecule has 0 aliphatic rings. The Hall–Kier alpha value is -3.77. The minimum absolute atomic E-state index is 0.241. The Balaban J connectivity index is 1.92. The zero-order chi connectivity index (χ0) is 20.2. The van der Waals surface area contributed by atoms with Crippen LogP contribution in [0.4, 0.5) is 0 Å². The van der Waals surface area contributed by atoms with Gasteiger partial charge in [-0.3, -0.25) is 4.79 Å². The molecule has 0 fully saturated rings. The summed E-state index contributed by atoms with van der Waals surface area (Å²) in [6.07, 6.45) is 1.61. The van der Waals surface area contributed by atoms with Crippen molar-refractivity contribution in [2.75, 3.05) is 6.61 Å². The lowest BCUT2D eigenvalue weighted by molar-refractivity contribution is -0.120. The first-order valence-electron chi connectivity index (χ1n) is 9.21. The van der Waals surface area contributed by atoms with Gasteiger partial charge >= 0.3 is 0 Å². The summed E-state index contributed by atoms with van der Waals surface area (Å²) in [5, 5.41) is 0.718. The lowest BCUT2D eigenvalue weighted by Crippen LogP contribution is -2.20. The zero-order valence-corrected chi connectivity index (χ0v) is 15.7. The Morgan fingerprint density at radius 2 is 1.72 bits per heavy atom. The smallest absolute Gasteiger partial charge is 0.255 e. The minimum Gasteiger partial charge on any atom is -0.467 e. The first kappa shape index (κ1) is 18.6. The van der Waals surface area contributed by atoms with Crippen LogP contribution < -0.4 is 16.2 Å². The van der Waals surface area contributed by atoms with Gasteiger partial charge in [0.25, 0.3) is 5.91 Å². The van der Waals surface area contributed by atoms with Crippen molar-refractivity contribution in [1.82, 2.24) is 9.97 Å². The van der Waals surface area contributed by atoms with E-state index >= 15 is 0 Å². The van der Waals surface area contributed by atoms with Gasteiger partial charge in [0.2, 0.25) is 5.88 Å². The fourth-order valence-corrected chi connectivity index (χ4v) is 3.18. The number of rotatable bonds is 6. The highest BCUT2D eigenvalue weighted by Crippen LogP contribution is 2.35. The molecule has 0 saturated heterocycles. The first-order chi connectivity index (χ1) is 14.2. The number of ether oxygens (including phenoxy) is 1. The normalized spacial score (nSPS) is 10.8. The molecule has 0 atom stereocenters. The molecule has 6 nitrogen and oxygen atoms in total. The molecule has 0 radical (unpaired) electrons. The molecule has 0 unspecified atom stereocenters. The van der Waals surface area contributed by atoms with Crippen molar-refractivity contribution in [2.45, 2.75) is 6.54 Å². The summed E-state index contributed by atoms with van der Waals surface area (Å²) >= 11 is 0. The summed E-state index contributed by atoms with van der Waals surface area (Å²) in [5.41, 5.74) is 16.5. The van der Waals surface area contributed by atoms with Gasteiger partial charge in [0.1, 0.15) is 0 Å². The van der Waals surface area contributed by atoms with Gasteiger partial charge in [-0.15, -0.1) is 0 Å². The first-order valence-corrected chi connectivity index (χ1v) is 9.21. The van der Waals surface area contributed by atoms with E-state index in [1.807, 2.05) is 66.7 Å². The summed E-state index contributed by atoms with van der Waals surface area (Å²) in [6.45, 7) is 0.248. The predicted molar refractivity (Wildman–Crippen MR) is 113 cm³/mol. The van der Waals surface area contributed by atoms with Crippen LogP contribution in [0.25, 0.3) is 33.3 Å². The highest BCUT2D eigenvalue weighted by Gasteiger charge is 2.15. The van der Waals surface area contributed by atoms with Crippen LogP contribution in [0.3, 0.4) is 0 Å². The molecule has 2 aromatic carbocycles. The minimum atomic E-state index is -0.559. The number of amides is 1. The molecule has 4 N–H and O–H groups in total. The van der Waals surface area contributed by atoms with Gasteiger partial charge in [-0.2, -0.15) is 0 Å².